The van der Waals surface area contributed by atoms with Gasteiger partial charge in [-0.3, -0.25) is 0 Å². The molecule has 24 heavy (non-hydrogen) atoms. The van der Waals surface area contributed by atoms with Crippen molar-refractivity contribution in [3.8, 4) is 5.75 Å². The Kier molecular flexibility index (Phi) is 3.31. The zero-order valence-corrected chi connectivity index (χ0v) is 13.5. The fraction of sp³-hybridized carbons (Fsp3) is 0.100. The van der Waals surface area contributed by atoms with Gasteiger partial charge in [0.2, 0.25) is 0 Å². The number of nitrogens with zero attached hydrogens (tertiary/aromatic N) is 2. The van der Waals surface area contributed by atoms with Gasteiger partial charge in [0, 0.05) is 21.8 Å². The number of phenols is 1. The first-order valence-electron chi connectivity index (χ1n) is 7.83. The van der Waals surface area contributed by atoms with E-state index in [4.69, 9.17) is 0 Å². The Morgan fingerprint density at radius 3 is 2.46 bits per heavy atom. The predicted molar refractivity (Wildman–Crippen MR) is 97.9 cm³/mol. The molecule has 0 amide bonds. The number of aromatic hydroxyl groups is 1. The zero-order valence-electron chi connectivity index (χ0n) is 13.5. The smallest absolute Gasteiger partial charge is 0.141 e. The van der Waals surface area contributed by atoms with Crippen LogP contribution in [0.4, 0.5) is 11.5 Å². The highest BCUT2D eigenvalue weighted by atomic mass is 16.3. The van der Waals surface area contributed by atoms with Gasteiger partial charge in [-0.05, 0) is 49.2 Å². The third kappa shape index (κ3) is 2.33. The molecule has 0 saturated heterocycles. The van der Waals surface area contributed by atoms with E-state index in [1.54, 1.807) is 12.4 Å². The Balaban J connectivity index is 1.89. The third-order valence-electron chi connectivity index (χ3n) is 4.40. The summed E-state index contributed by atoms with van der Waals surface area (Å²) in [5, 5.41) is 16.2. The molecule has 0 radical (unpaired) electrons. The quantitative estimate of drug-likeness (QED) is 0.555. The first kappa shape index (κ1) is 14.5. The number of rotatable bonds is 2. The van der Waals surface area contributed by atoms with Gasteiger partial charge in [0.25, 0.3) is 0 Å². The molecule has 3 aromatic carbocycles. The van der Waals surface area contributed by atoms with E-state index in [1.165, 1.54) is 11.1 Å². The van der Waals surface area contributed by atoms with Crippen molar-refractivity contribution in [3.63, 3.8) is 0 Å². The molecule has 4 aromatic rings. The molecule has 0 aliphatic carbocycles. The Morgan fingerprint density at radius 1 is 0.833 bits per heavy atom. The van der Waals surface area contributed by atoms with E-state index in [0.717, 1.165) is 33.2 Å². The van der Waals surface area contributed by atoms with Gasteiger partial charge in [-0.25, -0.2) is 9.97 Å². The number of benzene rings is 3. The molecule has 0 atom stereocenters. The van der Waals surface area contributed by atoms with Gasteiger partial charge in [0.15, 0.2) is 0 Å². The minimum atomic E-state index is 0.273. The van der Waals surface area contributed by atoms with E-state index in [0.29, 0.717) is 0 Å². The second-order valence-electron chi connectivity index (χ2n) is 5.98. The maximum Gasteiger partial charge on any atom is 0.141 e. The van der Waals surface area contributed by atoms with Crippen LogP contribution in [0.15, 0.2) is 54.9 Å². The lowest BCUT2D eigenvalue weighted by molar-refractivity contribution is 0.481. The largest absolute Gasteiger partial charge is 0.507 e. The van der Waals surface area contributed by atoms with Gasteiger partial charge in [0.05, 0.1) is 5.52 Å². The van der Waals surface area contributed by atoms with Gasteiger partial charge < -0.3 is 10.4 Å². The molecule has 4 rings (SSSR count). The van der Waals surface area contributed by atoms with Crippen LogP contribution in [0.5, 0.6) is 5.75 Å². The lowest BCUT2D eigenvalue weighted by Crippen LogP contribution is -1.97. The molecule has 0 unspecified atom stereocenters. The standard InChI is InChI=1S/C20H17N3O/c1-12-9-16-18(10-13(12)2)21-11-22-20(16)23-17-7-3-6-15-14(17)5-4-8-19(15)24/h3-11,24H,1-2H3,(H,21,22,23). The van der Waals surface area contributed by atoms with E-state index in [-0.39, 0.29) is 5.75 Å². The summed E-state index contributed by atoms with van der Waals surface area (Å²) in [6.45, 7) is 4.17. The summed E-state index contributed by atoms with van der Waals surface area (Å²) in [6.07, 6.45) is 1.57. The second kappa shape index (κ2) is 5.49. The van der Waals surface area contributed by atoms with Crippen molar-refractivity contribution in [2.24, 2.45) is 0 Å². The number of hydrogen-bond donors (Lipinski definition) is 2. The maximum atomic E-state index is 10.0. The van der Waals surface area contributed by atoms with Crippen LogP contribution >= 0.6 is 0 Å². The fourth-order valence-corrected chi connectivity index (χ4v) is 2.95. The number of aromatic nitrogens is 2. The van der Waals surface area contributed by atoms with Crippen molar-refractivity contribution < 1.29 is 5.11 Å². The molecule has 0 aliphatic heterocycles. The average Bonchev–Trinajstić information content (AvgIpc) is 2.58. The number of fused-ring (bicyclic) bond motifs is 2. The van der Waals surface area contributed by atoms with Crippen LogP contribution in [0.3, 0.4) is 0 Å². The van der Waals surface area contributed by atoms with Gasteiger partial charge in [-0.15, -0.1) is 0 Å². The molecule has 1 heterocycles. The van der Waals surface area contributed by atoms with E-state index in [9.17, 15) is 5.11 Å². The number of nitrogens with one attached hydrogen (secondary N) is 1. The minimum Gasteiger partial charge on any atom is -0.507 e. The van der Waals surface area contributed by atoms with Crippen molar-refractivity contribution in [2.75, 3.05) is 5.32 Å². The summed E-state index contributed by atoms with van der Waals surface area (Å²) in [7, 11) is 0. The molecule has 1 aromatic heterocycles. The fourth-order valence-electron chi connectivity index (χ4n) is 2.95. The molecule has 4 nitrogen and oxygen atoms in total. The molecule has 118 valence electrons. The first-order chi connectivity index (χ1) is 11.6. The van der Waals surface area contributed by atoms with Crippen molar-refractivity contribution in [3.05, 3.63) is 66.0 Å². The first-order valence-corrected chi connectivity index (χ1v) is 7.83. The Hall–Kier alpha value is -3.14. The van der Waals surface area contributed by atoms with Crippen LogP contribution in [-0.2, 0) is 0 Å². The maximum absolute atomic E-state index is 10.0. The van der Waals surface area contributed by atoms with Crippen LogP contribution in [0.2, 0.25) is 0 Å². The van der Waals surface area contributed by atoms with Gasteiger partial charge in [-0.1, -0.05) is 24.3 Å². The third-order valence-corrected chi connectivity index (χ3v) is 4.40. The molecular formula is C20H17N3O. The van der Waals surface area contributed by atoms with E-state index >= 15 is 0 Å². The molecule has 2 N–H and O–H groups in total. The average molecular weight is 315 g/mol. The number of aryl methyl sites for hydroxylation is 2. The minimum absolute atomic E-state index is 0.273. The molecule has 0 bridgehead atoms. The topological polar surface area (TPSA) is 58.0 Å². The van der Waals surface area contributed by atoms with E-state index in [2.05, 4.69) is 41.3 Å². The molecule has 4 heteroatoms. The molecule has 0 aliphatic rings. The number of phenolic OH excluding ortho intramolecular Hbond substituents is 1. The van der Waals surface area contributed by atoms with Gasteiger partial charge in [-0.2, -0.15) is 0 Å². The van der Waals surface area contributed by atoms with Crippen molar-refractivity contribution in [1.29, 1.82) is 0 Å². The van der Waals surface area contributed by atoms with Crippen molar-refractivity contribution in [1.82, 2.24) is 9.97 Å². The molecule has 0 spiro atoms. The van der Waals surface area contributed by atoms with Gasteiger partial charge in [0.1, 0.15) is 17.9 Å². The Labute approximate surface area is 139 Å². The predicted octanol–water partition coefficient (Wildman–Crippen LogP) is 4.85. The summed E-state index contributed by atoms with van der Waals surface area (Å²) >= 11 is 0. The summed E-state index contributed by atoms with van der Waals surface area (Å²) in [6, 6.07) is 15.5. The van der Waals surface area contributed by atoms with Gasteiger partial charge >= 0.3 is 0 Å². The lowest BCUT2D eigenvalue weighted by Gasteiger charge is -2.12. The number of anilines is 2. The Morgan fingerprint density at radius 2 is 1.58 bits per heavy atom. The van der Waals surface area contributed by atoms with Crippen LogP contribution in [-0.4, -0.2) is 15.1 Å². The monoisotopic (exact) mass is 315 g/mol. The summed E-state index contributed by atoms with van der Waals surface area (Å²) < 4.78 is 0. The normalized spacial score (nSPS) is 11.1. The molecule has 0 saturated carbocycles. The summed E-state index contributed by atoms with van der Waals surface area (Å²) in [4.78, 5) is 8.79. The van der Waals surface area contributed by atoms with Crippen molar-refractivity contribution >= 4 is 33.2 Å². The van der Waals surface area contributed by atoms with Crippen LogP contribution in [0.1, 0.15) is 11.1 Å². The number of hydrogen-bond acceptors (Lipinski definition) is 4. The molecule has 0 fully saturated rings. The van der Waals surface area contributed by atoms with Crippen molar-refractivity contribution in [2.45, 2.75) is 13.8 Å². The van der Waals surface area contributed by atoms with E-state index in [1.807, 2.05) is 30.3 Å². The SMILES string of the molecule is Cc1cc2ncnc(Nc3cccc4c(O)cccc34)c2cc1C. The lowest BCUT2D eigenvalue weighted by atomic mass is 10.1. The zero-order chi connectivity index (χ0) is 16.7. The summed E-state index contributed by atoms with van der Waals surface area (Å²) in [5.74, 6) is 1.04. The van der Waals surface area contributed by atoms with Crippen LogP contribution in [0, 0.1) is 13.8 Å². The Bertz CT molecular complexity index is 1070. The van der Waals surface area contributed by atoms with Crippen LogP contribution < -0.4 is 5.32 Å². The van der Waals surface area contributed by atoms with Crippen LogP contribution in [0.25, 0.3) is 21.7 Å². The van der Waals surface area contributed by atoms with E-state index < -0.39 is 0 Å². The highest BCUT2D eigenvalue weighted by Gasteiger charge is 2.09. The second-order valence-corrected chi connectivity index (χ2v) is 5.98. The molecular weight excluding hydrogens is 298 g/mol. The highest BCUT2D eigenvalue weighted by Crippen LogP contribution is 2.33. The summed E-state index contributed by atoms with van der Waals surface area (Å²) in [5.41, 5.74) is 4.23. The highest BCUT2D eigenvalue weighted by molar-refractivity contribution is 6.00.